The van der Waals surface area contributed by atoms with Crippen molar-refractivity contribution in [1.82, 2.24) is 29.7 Å². The Morgan fingerprint density at radius 3 is 2.46 bits per heavy atom. The van der Waals surface area contributed by atoms with Gasteiger partial charge in [0.05, 0.1) is 10.3 Å². The van der Waals surface area contributed by atoms with Crippen molar-refractivity contribution in [2.75, 3.05) is 11.8 Å². The molecule has 3 rings (SSSR count). The summed E-state index contributed by atoms with van der Waals surface area (Å²) >= 11 is 7.34. The number of nitrogens with zero attached hydrogens (tertiary/aromatic N) is 6. The van der Waals surface area contributed by atoms with Crippen molar-refractivity contribution in [3.63, 3.8) is 0 Å². The first-order valence-electron chi connectivity index (χ1n) is 8.79. The summed E-state index contributed by atoms with van der Waals surface area (Å²) in [4.78, 5) is 12.9. The van der Waals surface area contributed by atoms with Crippen LogP contribution in [0.3, 0.4) is 0 Å². The predicted molar refractivity (Wildman–Crippen MR) is 111 cm³/mol. The average Bonchev–Trinajstić information content (AvgIpc) is 3.13. The van der Waals surface area contributed by atoms with Crippen LogP contribution in [0.5, 0.6) is 0 Å². The van der Waals surface area contributed by atoms with Crippen LogP contribution in [0, 0.1) is 0 Å². The number of hydrogen-bond donors (Lipinski definition) is 1. The van der Waals surface area contributed by atoms with E-state index in [9.17, 15) is 0 Å². The summed E-state index contributed by atoms with van der Waals surface area (Å²) in [5.41, 5.74) is 0.777. The molecule has 0 radical (unpaired) electrons. The highest BCUT2D eigenvalue weighted by Gasteiger charge is 2.24. The molecule has 0 aliphatic carbocycles. The van der Waals surface area contributed by atoms with Gasteiger partial charge in [-0.15, -0.1) is 10.2 Å². The number of nitrogens with one attached hydrogen (secondary N) is 1. The number of anilines is 1. The number of methoxy groups -OCH3 is 1. The fourth-order valence-corrected chi connectivity index (χ4v) is 3.59. The zero-order chi connectivity index (χ0) is 20.1. The van der Waals surface area contributed by atoms with E-state index >= 15 is 0 Å². The van der Waals surface area contributed by atoms with Gasteiger partial charge in [-0.1, -0.05) is 17.7 Å². The standard InChI is InChI=1S/C18H22ClN7OS/c1-11(2)26-17(14-7-5-6-8-20-14)23-24-18(26)25-28-12(3)15(27-4)16-21-9-13(19)10-22-16/h5-12,15H,1-4H3,(H,24,25). The number of aromatic nitrogens is 6. The Morgan fingerprint density at radius 2 is 1.86 bits per heavy atom. The van der Waals surface area contributed by atoms with Crippen LogP contribution >= 0.6 is 23.5 Å². The minimum atomic E-state index is -0.305. The average molecular weight is 420 g/mol. The first-order valence-corrected chi connectivity index (χ1v) is 10.0. The Morgan fingerprint density at radius 1 is 1.11 bits per heavy atom. The largest absolute Gasteiger partial charge is 0.372 e. The lowest BCUT2D eigenvalue weighted by molar-refractivity contribution is 0.0972. The molecule has 2 unspecified atom stereocenters. The highest BCUT2D eigenvalue weighted by Crippen LogP contribution is 2.30. The van der Waals surface area contributed by atoms with E-state index in [4.69, 9.17) is 16.3 Å². The molecule has 0 saturated heterocycles. The van der Waals surface area contributed by atoms with Crippen molar-refractivity contribution < 1.29 is 4.74 Å². The summed E-state index contributed by atoms with van der Waals surface area (Å²) < 4.78 is 10.9. The summed E-state index contributed by atoms with van der Waals surface area (Å²) in [5.74, 6) is 1.95. The third-order valence-electron chi connectivity index (χ3n) is 4.02. The fraction of sp³-hybridized carbons (Fsp3) is 0.389. The monoisotopic (exact) mass is 419 g/mol. The van der Waals surface area contributed by atoms with Crippen LogP contribution in [-0.4, -0.2) is 42.1 Å². The van der Waals surface area contributed by atoms with Gasteiger partial charge in [0.25, 0.3) is 0 Å². The van der Waals surface area contributed by atoms with E-state index in [1.165, 1.54) is 11.9 Å². The van der Waals surface area contributed by atoms with Crippen LogP contribution in [0.4, 0.5) is 5.95 Å². The highest BCUT2D eigenvalue weighted by molar-refractivity contribution is 8.01. The van der Waals surface area contributed by atoms with E-state index in [1.807, 2.05) is 29.7 Å². The molecule has 3 aromatic heterocycles. The lowest BCUT2D eigenvalue weighted by Gasteiger charge is -2.21. The third-order valence-corrected chi connectivity index (χ3v) is 5.13. The molecular weight excluding hydrogens is 398 g/mol. The molecule has 2 atom stereocenters. The molecule has 0 amide bonds. The molecule has 0 bridgehead atoms. The number of rotatable bonds is 8. The molecule has 148 valence electrons. The van der Waals surface area contributed by atoms with Crippen LogP contribution in [0.2, 0.25) is 5.02 Å². The lowest BCUT2D eigenvalue weighted by Crippen LogP contribution is -2.19. The van der Waals surface area contributed by atoms with Crippen molar-refractivity contribution in [2.24, 2.45) is 0 Å². The van der Waals surface area contributed by atoms with Crippen molar-refractivity contribution in [1.29, 1.82) is 0 Å². The maximum absolute atomic E-state index is 5.87. The van der Waals surface area contributed by atoms with E-state index in [0.29, 0.717) is 16.8 Å². The Bertz CT molecular complexity index is 889. The van der Waals surface area contributed by atoms with Gasteiger partial charge in [0, 0.05) is 31.7 Å². The molecule has 0 saturated carbocycles. The molecule has 3 heterocycles. The molecule has 0 spiro atoms. The van der Waals surface area contributed by atoms with Crippen molar-refractivity contribution in [3.05, 3.63) is 47.6 Å². The van der Waals surface area contributed by atoms with E-state index < -0.39 is 0 Å². The normalized spacial score (nSPS) is 13.5. The Labute approximate surface area is 173 Å². The Balaban J connectivity index is 1.76. The maximum Gasteiger partial charge on any atom is 0.235 e. The van der Waals surface area contributed by atoms with Gasteiger partial charge in [-0.2, -0.15) is 0 Å². The second-order valence-corrected chi connectivity index (χ2v) is 7.99. The predicted octanol–water partition coefficient (Wildman–Crippen LogP) is 4.20. The number of pyridine rings is 1. The first kappa shape index (κ1) is 20.5. The third kappa shape index (κ3) is 4.60. The van der Waals surface area contributed by atoms with Crippen molar-refractivity contribution in [2.45, 2.75) is 38.2 Å². The van der Waals surface area contributed by atoms with Gasteiger partial charge in [-0.3, -0.25) is 14.3 Å². The van der Waals surface area contributed by atoms with Crippen molar-refractivity contribution in [3.8, 4) is 11.5 Å². The molecule has 0 aromatic carbocycles. The molecule has 3 aromatic rings. The number of halogens is 1. The summed E-state index contributed by atoms with van der Waals surface area (Å²) in [6.45, 7) is 6.18. The summed E-state index contributed by atoms with van der Waals surface area (Å²) in [6, 6.07) is 5.88. The maximum atomic E-state index is 5.87. The smallest absolute Gasteiger partial charge is 0.235 e. The van der Waals surface area contributed by atoms with Crippen LogP contribution in [0.25, 0.3) is 11.5 Å². The van der Waals surface area contributed by atoms with E-state index in [0.717, 1.165) is 11.5 Å². The van der Waals surface area contributed by atoms with Gasteiger partial charge in [-0.05, 0) is 44.9 Å². The zero-order valence-corrected chi connectivity index (χ0v) is 17.6. The van der Waals surface area contributed by atoms with Crippen LogP contribution < -0.4 is 4.72 Å². The molecule has 0 aliphatic rings. The van der Waals surface area contributed by atoms with Gasteiger partial charge in [-0.25, -0.2) is 9.97 Å². The Kier molecular flexibility index (Phi) is 6.82. The minimum Gasteiger partial charge on any atom is -0.372 e. The summed E-state index contributed by atoms with van der Waals surface area (Å²) in [5, 5.41) is 9.12. The SMILES string of the molecule is COC(c1ncc(Cl)cn1)C(C)SNc1nnc(-c2ccccn2)n1C(C)C. The highest BCUT2D eigenvalue weighted by atomic mass is 35.5. The second-order valence-electron chi connectivity index (χ2n) is 6.37. The molecule has 1 N–H and O–H groups in total. The molecule has 8 nitrogen and oxygen atoms in total. The van der Waals surface area contributed by atoms with Gasteiger partial charge < -0.3 is 4.74 Å². The van der Waals surface area contributed by atoms with Crippen LogP contribution in [0.15, 0.2) is 36.8 Å². The van der Waals surface area contributed by atoms with Gasteiger partial charge >= 0.3 is 0 Å². The van der Waals surface area contributed by atoms with E-state index in [2.05, 4.69) is 43.7 Å². The summed E-state index contributed by atoms with van der Waals surface area (Å²) in [6.07, 6.45) is 4.57. The van der Waals surface area contributed by atoms with E-state index in [1.54, 1.807) is 25.7 Å². The van der Waals surface area contributed by atoms with E-state index in [-0.39, 0.29) is 17.4 Å². The fourth-order valence-electron chi connectivity index (χ4n) is 2.70. The molecule has 10 heteroatoms. The van der Waals surface area contributed by atoms with Crippen LogP contribution in [0.1, 0.15) is 38.7 Å². The first-order chi connectivity index (χ1) is 13.5. The minimum absolute atomic E-state index is 0.00166. The molecule has 0 aliphatic heterocycles. The van der Waals surface area contributed by atoms with Gasteiger partial charge in [0.15, 0.2) is 11.6 Å². The molecule has 0 fully saturated rings. The second kappa shape index (κ2) is 9.31. The number of hydrogen-bond acceptors (Lipinski definition) is 8. The lowest BCUT2D eigenvalue weighted by atomic mass is 10.2. The molecule has 28 heavy (non-hydrogen) atoms. The zero-order valence-electron chi connectivity index (χ0n) is 16.1. The van der Waals surface area contributed by atoms with Crippen LogP contribution in [-0.2, 0) is 4.74 Å². The number of ether oxygens (including phenoxy) is 1. The summed E-state index contributed by atoms with van der Waals surface area (Å²) in [7, 11) is 1.63. The van der Waals surface area contributed by atoms with Gasteiger partial charge in [0.1, 0.15) is 11.8 Å². The van der Waals surface area contributed by atoms with Gasteiger partial charge in [0.2, 0.25) is 5.95 Å². The Hall–Kier alpha value is -2.23. The molecular formula is C18H22ClN7OS. The van der Waals surface area contributed by atoms with Crippen molar-refractivity contribution >= 4 is 29.5 Å². The quantitative estimate of drug-likeness (QED) is 0.543. The topological polar surface area (TPSA) is 90.6 Å².